The molecule has 0 spiro atoms. The molecule has 0 radical (unpaired) electrons. The monoisotopic (exact) mass is 513 g/mol. The van der Waals surface area contributed by atoms with Gasteiger partial charge in [-0.2, -0.15) is 0 Å². The maximum absolute atomic E-state index is 13.4. The van der Waals surface area contributed by atoms with Crippen LogP contribution in [-0.2, 0) is 34.0 Å². The number of carboxylic acids is 1. The first kappa shape index (κ1) is 24.6. The van der Waals surface area contributed by atoms with Crippen LogP contribution in [0, 0.1) is 6.92 Å². The topological polar surface area (TPSA) is 147 Å². The fourth-order valence-corrected chi connectivity index (χ4v) is 6.02. The first-order chi connectivity index (χ1) is 16.4. The molecule has 4 rings (SSSR count). The quantitative estimate of drug-likeness (QED) is 0.297. The molecule has 0 amide bonds. The van der Waals surface area contributed by atoms with E-state index >= 15 is 0 Å². The summed E-state index contributed by atoms with van der Waals surface area (Å²) in [6.07, 6.45) is 4.29. The Balaban J connectivity index is 2.01. The van der Waals surface area contributed by atoms with Crippen LogP contribution < -0.4 is 11.3 Å². The van der Waals surface area contributed by atoms with E-state index in [0.717, 1.165) is 9.54 Å². The molecular weight excluding hydrogens is 490 g/mol. The summed E-state index contributed by atoms with van der Waals surface area (Å²) in [5.41, 5.74) is 7.74. The lowest BCUT2D eigenvalue weighted by atomic mass is 9.97. The maximum atomic E-state index is 13.4. The van der Waals surface area contributed by atoms with Crippen LogP contribution in [0.15, 0.2) is 64.5 Å². The highest BCUT2D eigenvalue weighted by Crippen LogP contribution is 2.35. The number of nitrogens with zero attached hydrogens (tertiary/aromatic N) is 2. The van der Waals surface area contributed by atoms with Gasteiger partial charge in [-0.3, -0.25) is 4.79 Å². The normalized spacial score (nSPS) is 12.7. The largest absolute Gasteiger partial charge is 0.616 e. The standard InChI is InChI=1S/C24H23N3O6S2/c1-14-4-6-16(7-5-14)35(32,33)27-9-8-17-20(12-26(2)23(28)22(17)27)19-10-15(13-34(3)31)18(24(29)30)11-21(19)25/h4-12H,13,25H2,1-3H3,(H,29,30). The second-order valence-corrected chi connectivity index (χ2v) is 11.5. The summed E-state index contributed by atoms with van der Waals surface area (Å²) < 4.78 is 40.8. The molecule has 0 saturated carbocycles. The van der Waals surface area contributed by atoms with Gasteiger partial charge in [0.15, 0.2) is 0 Å². The number of benzene rings is 2. The van der Waals surface area contributed by atoms with Crippen LogP contribution in [0.2, 0.25) is 0 Å². The minimum absolute atomic E-state index is 0.00731. The average Bonchev–Trinajstić information content (AvgIpc) is 3.23. The third kappa shape index (κ3) is 4.33. The fraction of sp³-hybridized carbons (Fsp3) is 0.167. The summed E-state index contributed by atoms with van der Waals surface area (Å²) in [6.45, 7) is 1.84. The molecule has 0 saturated heterocycles. The van der Waals surface area contributed by atoms with Crippen LogP contribution in [0.3, 0.4) is 0 Å². The second-order valence-electron chi connectivity index (χ2n) is 8.27. The molecule has 3 N–H and O–H groups in total. The Morgan fingerprint density at radius 2 is 1.80 bits per heavy atom. The molecular formula is C24H23N3O6S2. The van der Waals surface area contributed by atoms with Crippen molar-refractivity contribution in [1.29, 1.82) is 0 Å². The summed E-state index contributed by atoms with van der Waals surface area (Å²) in [5, 5.41) is 9.90. The molecule has 11 heteroatoms. The molecule has 1 unspecified atom stereocenters. The molecule has 2 aromatic heterocycles. The third-order valence-corrected chi connectivity index (χ3v) is 8.13. The molecule has 182 valence electrons. The molecule has 2 aromatic carbocycles. The SMILES string of the molecule is Cc1ccc(S(=O)(=O)n2ccc3c(-c4cc(C[S+](C)[O-])c(C(=O)O)cc4N)cn(C)c(=O)c32)cc1. The average molecular weight is 514 g/mol. The Morgan fingerprint density at radius 3 is 2.40 bits per heavy atom. The molecule has 0 aliphatic rings. The van der Waals surface area contributed by atoms with Crippen molar-refractivity contribution >= 4 is 43.8 Å². The molecule has 9 nitrogen and oxygen atoms in total. The van der Waals surface area contributed by atoms with Crippen LogP contribution >= 0.6 is 0 Å². The van der Waals surface area contributed by atoms with Crippen molar-refractivity contribution in [2.24, 2.45) is 7.05 Å². The van der Waals surface area contributed by atoms with Crippen molar-refractivity contribution in [1.82, 2.24) is 8.54 Å². The molecule has 0 fully saturated rings. The van der Waals surface area contributed by atoms with Gasteiger partial charge in [0, 0.05) is 47.2 Å². The van der Waals surface area contributed by atoms with Gasteiger partial charge in [-0.15, -0.1) is 0 Å². The van der Waals surface area contributed by atoms with Crippen molar-refractivity contribution in [3.63, 3.8) is 0 Å². The zero-order chi connectivity index (χ0) is 25.7. The van der Waals surface area contributed by atoms with E-state index < -0.39 is 32.7 Å². The number of carboxylic acid groups (broad SMARTS) is 1. The van der Waals surface area contributed by atoms with Gasteiger partial charge in [-0.25, -0.2) is 17.2 Å². The van der Waals surface area contributed by atoms with Gasteiger partial charge in [0.1, 0.15) is 11.3 Å². The smallest absolute Gasteiger partial charge is 0.336 e. The van der Waals surface area contributed by atoms with E-state index in [4.69, 9.17) is 5.73 Å². The van der Waals surface area contributed by atoms with Gasteiger partial charge in [0.05, 0.1) is 16.7 Å². The highest BCUT2D eigenvalue weighted by atomic mass is 32.2. The van der Waals surface area contributed by atoms with E-state index in [1.54, 1.807) is 12.1 Å². The molecule has 0 aliphatic heterocycles. The zero-order valence-electron chi connectivity index (χ0n) is 19.2. The number of fused-ring (bicyclic) bond motifs is 1. The second kappa shape index (κ2) is 8.91. The molecule has 35 heavy (non-hydrogen) atoms. The highest BCUT2D eigenvalue weighted by Gasteiger charge is 2.24. The summed E-state index contributed by atoms with van der Waals surface area (Å²) in [4.78, 5) is 24.8. The van der Waals surface area contributed by atoms with Crippen LogP contribution in [0.4, 0.5) is 5.69 Å². The number of pyridine rings is 1. The zero-order valence-corrected chi connectivity index (χ0v) is 20.8. The van der Waals surface area contributed by atoms with E-state index in [2.05, 4.69) is 0 Å². The Bertz CT molecular complexity index is 1630. The lowest BCUT2D eigenvalue weighted by molar-refractivity contribution is 0.0696. The van der Waals surface area contributed by atoms with E-state index in [0.29, 0.717) is 22.1 Å². The predicted octanol–water partition coefficient (Wildman–Crippen LogP) is 2.71. The van der Waals surface area contributed by atoms with Crippen molar-refractivity contribution < 1.29 is 22.9 Å². The van der Waals surface area contributed by atoms with E-state index in [1.807, 2.05) is 6.92 Å². The highest BCUT2D eigenvalue weighted by molar-refractivity contribution is 7.90. The summed E-state index contributed by atoms with van der Waals surface area (Å²) >= 11 is -1.32. The Labute approximate surface area is 204 Å². The summed E-state index contributed by atoms with van der Waals surface area (Å²) in [6, 6.07) is 10.6. The minimum atomic E-state index is -4.08. The number of nitrogen functional groups attached to an aromatic ring is 1. The van der Waals surface area contributed by atoms with Gasteiger partial charge in [0.25, 0.3) is 15.6 Å². The number of aromatic carboxylic acids is 1. The minimum Gasteiger partial charge on any atom is -0.616 e. The Morgan fingerprint density at radius 1 is 1.14 bits per heavy atom. The lowest BCUT2D eigenvalue weighted by Gasteiger charge is -2.15. The Hall–Kier alpha value is -3.54. The van der Waals surface area contributed by atoms with E-state index in [-0.39, 0.29) is 27.4 Å². The van der Waals surface area contributed by atoms with Gasteiger partial charge in [-0.05, 0) is 37.3 Å². The number of hydrogen-bond donors (Lipinski definition) is 2. The molecule has 2 heterocycles. The number of carbonyl (C=O) groups is 1. The first-order valence-electron chi connectivity index (χ1n) is 10.4. The molecule has 0 bridgehead atoms. The van der Waals surface area contributed by atoms with Crippen LogP contribution in [0.1, 0.15) is 21.5 Å². The van der Waals surface area contributed by atoms with Gasteiger partial charge < -0.3 is 20.0 Å². The van der Waals surface area contributed by atoms with Crippen molar-refractivity contribution in [3.05, 3.63) is 81.9 Å². The molecule has 0 aliphatic carbocycles. The number of nitrogens with two attached hydrogens (primary N) is 1. The summed E-state index contributed by atoms with van der Waals surface area (Å²) in [7, 11) is -2.58. The van der Waals surface area contributed by atoms with Gasteiger partial charge in [0.2, 0.25) is 0 Å². The fourth-order valence-electron chi connectivity index (χ4n) is 4.00. The van der Waals surface area contributed by atoms with Crippen molar-refractivity contribution in [3.8, 4) is 11.1 Å². The maximum Gasteiger partial charge on any atom is 0.336 e. The predicted molar refractivity (Wildman–Crippen MR) is 136 cm³/mol. The number of rotatable bonds is 6. The molecule has 1 atom stereocenters. The number of aromatic nitrogens is 2. The number of hydrogen-bond acceptors (Lipinski definition) is 6. The first-order valence-corrected chi connectivity index (χ1v) is 13.6. The van der Waals surface area contributed by atoms with E-state index in [1.165, 1.54) is 60.6 Å². The number of anilines is 1. The van der Waals surface area contributed by atoms with Crippen LogP contribution in [-0.4, -0.2) is 38.8 Å². The Kier molecular flexibility index (Phi) is 6.26. The summed E-state index contributed by atoms with van der Waals surface area (Å²) in [5.74, 6) is -1.21. The van der Waals surface area contributed by atoms with Gasteiger partial charge in [-0.1, -0.05) is 28.9 Å². The van der Waals surface area contributed by atoms with Gasteiger partial charge >= 0.3 is 5.97 Å². The van der Waals surface area contributed by atoms with Crippen LogP contribution in [0.25, 0.3) is 22.0 Å². The van der Waals surface area contributed by atoms with Crippen molar-refractivity contribution in [2.75, 3.05) is 12.0 Å². The molecule has 4 aromatic rings. The number of aryl methyl sites for hydroxylation is 2. The van der Waals surface area contributed by atoms with E-state index in [9.17, 15) is 27.7 Å². The van der Waals surface area contributed by atoms with Crippen LogP contribution in [0.5, 0.6) is 0 Å². The van der Waals surface area contributed by atoms with Crippen molar-refractivity contribution in [2.45, 2.75) is 17.6 Å². The lowest BCUT2D eigenvalue weighted by Crippen LogP contribution is -2.22. The third-order valence-electron chi connectivity index (χ3n) is 5.72.